The van der Waals surface area contributed by atoms with E-state index in [0.717, 1.165) is 22.9 Å². The van der Waals surface area contributed by atoms with Crippen molar-refractivity contribution < 1.29 is 9.59 Å². The van der Waals surface area contributed by atoms with Crippen LogP contribution >= 0.6 is 15.9 Å². The van der Waals surface area contributed by atoms with Crippen molar-refractivity contribution in [3.05, 3.63) is 70.2 Å². The van der Waals surface area contributed by atoms with Crippen molar-refractivity contribution in [2.24, 2.45) is 0 Å². The van der Waals surface area contributed by atoms with Gasteiger partial charge in [0.2, 0.25) is 5.91 Å². The molecule has 0 spiro atoms. The van der Waals surface area contributed by atoms with Crippen LogP contribution in [0.3, 0.4) is 0 Å². The zero-order chi connectivity index (χ0) is 17.6. The van der Waals surface area contributed by atoms with Crippen molar-refractivity contribution in [1.29, 1.82) is 0 Å². The van der Waals surface area contributed by atoms with Gasteiger partial charge >= 0.3 is 0 Å². The summed E-state index contributed by atoms with van der Waals surface area (Å²) < 4.78 is 0.904. The van der Waals surface area contributed by atoms with Crippen LogP contribution in [0.4, 0.5) is 0 Å². The standard InChI is InChI=1S/C20H21BrN2O2/c21-17-8-4-7-16(14-17)20(25)23-11-9-18(10-12-23)22-19(24)13-15-5-2-1-3-6-15/h1-8,14,18H,9-13H2,(H,22,24). The van der Waals surface area contributed by atoms with E-state index in [0.29, 0.717) is 25.1 Å². The molecule has 1 N–H and O–H groups in total. The van der Waals surface area contributed by atoms with Crippen LogP contribution in [0.5, 0.6) is 0 Å². The zero-order valence-corrected chi connectivity index (χ0v) is 15.5. The number of nitrogens with one attached hydrogen (secondary N) is 1. The van der Waals surface area contributed by atoms with Crippen molar-refractivity contribution in [2.45, 2.75) is 25.3 Å². The number of likely N-dealkylation sites (tertiary alicyclic amines) is 1. The number of hydrogen-bond acceptors (Lipinski definition) is 2. The second-order valence-electron chi connectivity index (χ2n) is 6.31. The molecule has 0 saturated carbocycles. The Bertz CT molecular complexity index is 740. The molecule has 0 atom stereocenters. The Morgan fingerprint density at radius 1 is 1.04 bits per heavy atom. The van der Waals surface area contributed by atoms with E-state index < -0.39 is 0 Å². The molecule has 1 aliphatic heterocycles. The smallest absolute Gasteiger partial charge is 0.253 e. The molecule has 0 bridgehead atoms. The van der Waals surface area contributed by atoms with E-state index in [-0.39, 0.29) is 17.9 Å². The van der Waals surface area contributed by atoms with Crippen molar-refractivity contribution in [1.82, 2.24) is 10.2 Å². The molecule has 25 heavy (non-hydrogen) atoms. The summed E-state index contributed by atoms with van der Waals surface area (Å²) in [7, 11) is 0. The third kappa shape index (κ3) is 4.92. The average molecular weight is 401 g/mol. The summed E-state index contributed by atoms with van der Waals surface area (Å²) in [4.78, 5) is 26.6. The topological polar surface area (TPSA) is 49.4 Å². The van der Waals surface area contributed by atoms with Gasteiger partial charge in [-0.05, 0) is 36.6 Å². The molecule has 1 saturated heterocycles. The Hall–Kier alpha value is -2.14. The number of amides is 2. The fourth-order valence-corrected chi connectivity index (χ4v) is 3.49. The maximum Gasteiger partial charge on any atom is 0.253 e. The van der Waals surface area contributed by atoms with Gasteiger partial charge in [0.15, 0.2) is 0 Å². The molecule has 4 nitrogen and oxygen atoms in total. The number of nitrogens with zero attached hydrogens (tertiary/aromatic N) is 1. The first-order valence-corrected chi connectivity index (χ1v) is 9.29. The molecule has 1 fully saturated rings. The molecule has 130 valence electrons. The molecule has 0 radical (unpaired) electrons. The second-order valence-corrected chi connectivity index (χ2v) is 7.22. The third-order valence-electron chi connectivity index (χ3n) is 4.43. The van der Waals surface area contributed by atoms with Crippen LogP contribution in [0.1, 0.15) is 28.8 Å². The van der Waals surface area contributed by atoms with Crippen LogP contribution in [0.15, 0.2) is 59.1 Å². The van der Waals surface area contributed by atoms with Crippen LogP contribution in [-0.4, -0.2) is 35.8 Å². The molecular weight excluding hydrogens is 380 g/mol. The molecule has 0 aromatic heterocycles. The highest BCUT2D eigenvalue weighted by atomic mass is 79.9. The molecule has 0 unspecified atom stereocenters. The minimum atomic E-state index is 0.0444. The van der Waals surface area contributed by atoms with Gasteiger partial charge in [0.1, 0.15) is 0 Å². The number of carbonyl (C=O) groups excluding carboxylic acids is 2. The van der Waals surface area contributed by atoms with E-state index in [9.17, 15) is 9.59 Å². The molecule has 2 aromatic carbocycles. The maximum absolute atomic E-state index is 12.5. The summed E-state index contributed by atoms with van der Waals surface area (Å²) in [5, 5.41) is 3.09. The lowest BCUT2D eigenvalue weighted by atomic mass is 10.0. The van der Waals surface area contributed by atoms with Crippen LogP contribution in [0.25, 0.3) is 0 Å². The maximum atomic E-state index is 12.5. The van der Waals surface area contributed by atoms with Gasteiger partial charge in [0.05, 0.1) is 6.42 Å². The summed E-state index contributed by atoms with van der Waals surface area (Å²) in [6, 6.07) is 17.3. The highest BCUT2D eigenvalue weighted by molar-refractivity contribution is 9.10. The first kappa shape index (κ1) is 17.7. The minimum absolute atomic E-state index is 0.0444. The fourth-order valence-electron chi connectivity index (χ4n) is 3.09. The van der Waals surface area contributed by atoms with Gasteiger partial charge < -0.3 is 10.2 Å². The molecule has 2 amide bonds. The lowest BCUT2D eigenvalue weighted by Gasteiger charge is -2.32. The highest BCUT2D eigenvalue weighted by Gasteiger charge is 2.24. The van der Waals surface area contributed by atoms with Gasteiger partial charge in [-0.2, -0.15) is 0 Å². The number of hydrogen-bond donors (Lipinski definition) is 1. The average Bonchev–Trinajstić information content (AvgIpc) is 2.62. The van der Waals surface area contributed by atoms with E-state index >= 15 is 0 Å². The summed E-state index contributed by atoms with van der Waals surface area (Å²) in [5.41, 5.74) is 1.71. The van der Waals surface area contributed by atoms with Crippen molar-refractivity contribution in [2.75, 3.05) is 13.1 Å². The van der Waals surface area contributed by atoms with Gasteiger partial charge in [-0.1, -0.05) is 52.3 Å². The van der Waals surface area contributed by atoms with E-state index in [2.05, 4.69) is 21.2 Å². The largest absolute Gasteiger partial charge is 0.353 e. The number of rotatable bonds is 4. The predicted octanol–water partition coefficient (Wildman–Crippen LogP) is 3.41. The second kappa shape index (κ2) is 8.30. The van der Waals surface area contributed by atoms with Gasteiger partial charge in [-0.15, -0.1) is 0 Å². The molecule has 3 rings (SSSR count). The highest BCUT2D eigenvalue weighted by Crippen LogP contribution is 2.17. The molecule has 0 aliphatic carbocycles. The Kier molecular flexibility index (Phi) is 5.87. The molecule has 1 aliphatic rings. The first-order valence-electron chi connectivity index (χ1n) is 8.50. The van der Waals surface area contributed by atoms with E-state index in [1.807, 2.05) is 59.5 Å². The number of piperidine rings is 1. The van der Waals surface area contributed by atoms with Crippen LogP contribution in [-0.2, 0) is 11.2 Å². The zero-order valence-electron chi connectivity index (χ0n) is 14.0. The quantitative estimate of drug-likeness (QED) is 0.854. The third-order valence-corrected chi connectivity index (χ3v) is 4.92. The Labute approximate surface area is 156 Å². The molecule has 5 heteroatoms. The normalized spacial score (nSPS) is 15.0. The lowest BCUT2D eigenvalue weighted by molar-refractivity contribution is -0.121. The van der Waals surface area contributed by atoms with Gasteiger partial charge in [0, 0.05) is 29.2 Å². The number of carbonyl (C=O) groups is 2. The van der Waals surface area contributed by atoms with Crippen LogP contribution < -0.4 is 5.32 Å². The summed E-state index contributed by atoms with van der Waals surface area (Å²) in [6.45, 7) is 1.34. The van der Waals surface area contributed by atoms with E-state index in [1.54, 1.807) is 0 Å². The van der Waals surface area contributed by atoms with Crippen molar-refractivity contribution >= 4 is 27.7 Å². The Balaban J connectivity index is 1.48. The predicted molar refractivity (Wildman–Crippen MR) is 101 cm³/mol. The number of benzene rings is 2. The van der Waals surface area contributed by atoms with Crippen molar-refractivity contribution in [3.63, 3.8) is 0 Å². The SMILES string of the molecule is O=C(Cc1ccccc1)NC1CCN(C(=O)c2cccc(Br)c2)CC1. The van der Waals surface area contributed by atoms with Crippen LogP contribution in [0, 0.1) is 0 Å². The van der Waals surface area contributed by atoms with E-state index in [4.69, 9.17) is 0 Å². The lowest BCUT2D eigenvalue weighted by Crippen LogP contribution is -2.46. The fraction of sp³-hybridized carbons (Fsp3) is 0.300. The monoisotopic (exact) mass is 400 g/mol. The van der Waals surface area contributed by atoms with E-state index in [1.165, 1.54) is 0 Å². The first-order chi connectivity index (χ1) is 12.1. The number of halogens is 1. The Morgan fingerprint density at radius 3 is 2.44 bits per heavy atom. The Morgan fingerprint density at radius 2 is 1.76 bits per heavy atom. The van der Waals surface area contributed by atoms with Gasteiger partial charge in [-0.3, -0.25) is 9.59 Å². The van der Waals surface area contributed by atoms with Gasteiger partial charge in [-0.25, -0.2) is 0 Å². The van der Waals surface area contributed by atoms with Gasteiger partial charge in [0.25, 0.3) is 5.91 Å². The molecule has 1 heterocycles. The van der Waals surface area contributed by atoms with Crippen LogP contribution in [0.2, 0.25) is 0 Å². The summed E-state index contributed by atoms with van der Waals surface area (Å²) in [6.07, 6.45) is 1.98. The summed E-state index contributed by atoms with van der Waals surface area (Å²) in [5.74, 6) is 0.0957. The molecular formula is C20H21BrN2O2. The summed E-state index contributed by atoms with van der Waals surface area (Å²) >= 11 is 3.40. The minimum Gasteiger partial charge on any atom is -0.353 e. The van der Waals surface area contributed by atoms with Crippen molar-refractivity contribution in [3.8, 4) is 0 Å². The molecule has 2 aromatic rings.